The van der Waals surface area contributed by atoms with Crippen LogP contribution in [0.4, 0.5) is 15.0 Å². The van der Waals surface area contributed by atoms with E-state index in [0.29, 0.717) is 30.9 Å². The highest BCUT2D eigenvalue weighted by molar-refractivity contribution is 6.30. The Morgan fingerprint density at radius 1 is 1.26 bits per heavy atom. The van der Waals surface area contributed by atoms with Crippen LogP contribution in [0.1, 0.15) is 40.0 Å². The van der Waals surface area contributed by atoms with Gasteiger partial charge >= 0.3 is 12.1 Å². The summed E-state index contributed by atoms with van der Waals surface area (Å²) in [5, 5.41) is 0.191. The van der Waals surface area contributed by atoms with E-state index in [1.807, 2.05) is 37.8 Å². The minimum Gasteiger partial charge on any atom is -0.461 e. The van der Waals surface area contributed by atoms with Crippen molar-refractivity contribution in [2.75, 3.05) is 37.7 Å². The molecule has 0 aliphatic carbocycles. The lowest BCUT2D eigenvalue weighted by Crippen LogP contribution is -2.57. The first kappa shape index (κ1) is 25.3. The Kier molecular flexibility index (Phi) is 6.03. The van der Waals surface area contributed by atoms with Gasteiger partial charge in [-0.15, -0.1) is 0 Å². The van der Waals surface area contributed by atoms with Gasteiger partial charge in [0.15, 0.2) is 11.0 Å². The lowest BCUT2D eigenvalue weighted by atomic mass is 9.94. The second-order valence-electron chi connectivity index (χ2n) is 11.7. The summed E-state index contributed by atoms with van der Waals surface area (Å²) in [5.41, 5.74) is 0.553. The third-order valence-electron chi connectivity index (χ3n) is 7.79. The number of carbonyl (C=O) groups excluding carboxylic acids is 1. The number of ether oxygens (including phenoxy) is 2. The van der Waals surface area contributed by atoms with E-state index >= 15 is 4.39 Å². The molecule has 4 aliphatic heterocycles. The maximum Gasteiger partial charge on any atom is 0.411 e. The minimum atomic E-state index is -0.707. The van der Waals surface area contributed by atoms with E-state index in [1.165, 1.54) is 11.8 Å². The molecule has 2 aromatic rings. The van der Waals surface area contributed by atoms with Crippen LogP contribution in [0, 0.1) is 5.82 Å². The molecule has 3 unspecified atom stereocenters. The number of fused-ring (bicyclic) bond motifs is 4. The van der Waals surface area contributed by atoms with Crippen LogP contribution < -0.4 is 9.64 Å². The summed E-state index contributed by atoms with van der Waals surface area (Å²) in [6.07, 6.45) is 8.14. The lowest BCUT2D eigenvalue weighted by molar-refractivity contribution is 0.0146. The third kappa shape index (κ3) is 4.37. The highest BCUT2D eigenvalue weighted by Crippen LogP contribution is 2.41. The molecule has 0 N–H and O–H groups in total. The molecule has 4 aliphatic rings. The van der Waals surface area contributed by atoms with Gasteiger partial charge in [-0.2, -0.15) is 9.97 Å². The Hall–Kier alpha value is -2.98. The number of hydrogen-bond acceptors (Lipinski definition) is 8. The zero-order valence-corrected chi connectivity index (χ0v) is 22.7. The number of pyridine rings is 1. The van der Waals surface area contributed by atoms with Crippen molar-refractivity contribution >= 4 is 34.4 Å². The van der Waals surface area contributed by atoms with E-state index in [4.69, 9.17) is 26.1 Å². The van der Waals surface area contributed by atoms with Crippen molar-refractivity contribution in [3.05, 3.63) is 41.5 Å². The molecule has 2 aromatic heterocycles. The van der Waals surface area contributed by atoms with E-state index in [0.717, 1.165) is 32.4 Å². The molecule has 0 spiro atoms. The van der Waals surface area contributed by atoms with Crippen molar-refractivity contribution in [3.63, 3.8) is 0 Å². The first-order valence-corrected chi connectivity index (χ1v) is 13.4. The van der Waals surface area contributed by atoms with E-state index in [9.17, 15) is 4.79 Å². The van der Waals surface area contributed by atoms with Gasteiger partial charge in [0.1, 0.15) is 23.5 Å². The van der Waals surface area contributed by atoms with Crippen molar-refractivity contribution in [3.8, 4) is 6.01 Å². The molecule has 2 bridgehead atoms. The predicted octanol–water partition coefficient (Wildman–Crippen LogP) is 4.35. The van der Waals surface area contributed by atoms with Crippen LogP contribution in [0.5, 0.6) is 6.01 Å². The molecular weight excluding hydrogens is 511 g/mol. The summed E-state index contributed by atoms with van der Waals surface area (Å²) in [6.45, 7) is 12.9. The quantitative estimate of drug-likeness (QED) is 0.416. The first-order valence-electron chi connectivity index (χ1n) is 13.0. The molecular formula is C27H32ClFN6O3. The van der Waals surface area contributed by atoms with Gasteiger partial charge in [-0.25, -0.2) is 14.2 Å². The first-order chi connectivity index (χ1) is 18.0. The highest BCUT2D eigenvalue weighted by Gasteiger charge is 2.47. The summed E-state index contributed by atoms with van der Waals surface area (Å²) in [6, 6.07) is -0.320. The smallest absolute Gasteiger partial charge is 0.411 e. The Balaban J connectivity index is 1.30. The van der Waals surface area contributed by atoms with E-state index < -0.39 is 11.4 Å². The lowest BCUT2D eigenvalue weighted by Gasteiger charge is -2.42. The fourth-order valence-corrected chi connectivity index (χ4v) is 6.36. The van der Waals surface area contributed by atoms with E-state index in [2.05, 4.69) is 21.4 Å². The maximum absolute atomic E-state index is 15.2. The van der Waals surface area contributed by atoms with Crippen LogP contribution in [0.15, 0.2) is 30.5 Å². The molecule has 0 aromatic carbocycles. The largest absolute Gasteiger partial charge is 0.461 e. The Morgan fingerprint density at radius 3 is 2.71 bits per heavy atom. The van der Waals surface area contributed by atoms with Crippen molar-refractivity contribution < 1.29 is 18.7 Å². The number of aromatic nitrogens is 3. The molecule has 6 heterocycles. The van der Waals surface area contributed by atoms with Crippen molar-refractivity contribution in [2.24, 2.45) is 0 Å². The molecule has 9 nitrogen and oxygen atoms in total. The number of rotatable bonds is 4. The third-order valence-corrected chi connectivity index (χ3v) is 8.06. The van der Waals surface area contributed by atoms with E-state index in [1.54, 1.807) is 4.90 Å². The molecule has 0 saturated carbocycles. The second-order valence-corrected chi connectivity index (χ2v) is 12.1. The standard InChI is InChI=1S/C27H32ClFN6O3/c1-16-10-27(8-5-9-34(27)12-16)15-37-24-31-21-19(11-30-22(28)20(21)29)23(32-24)33-13-17-6-7-18(14-33)35(17)25(36)38-26(2,3)4/h6-7,11,17-18H,1,5,8-10,12-15H2,2-4H3. The number of carbonyl (C=O) groups is 1. The summed E-state index contributed by atoms with van der Waals surface area (Å²) in [4.78, 5) is 32.3. The topological polar surface area (TPSA) is 83.9 Å². The summed E-state index contributed by atoms with van der Waals surface area (Å²) in [7, 11) is 0. The molecule has 1 amide bonds. The maximum atomic E-state index is 15.2. The van der Waals surface area contributed by atoms with Crippen LogP contribution in [0.3, 0.4) is 0 Å². The number of hydrogen-bond donors (Lipinski definition) is 0. The van der Waals surface area contributed by atoms with Gasteiger partial charge in [0.05, 0.1) is 23.0 Å². The molecule has 0 radical (unpaired) electrons. The number of anilines is 1. The molecule has 202 valence electrons. The zero-order valence-electron chi connectivity index (χ0n) is 21.9. The van der Waals surface area contributed by atoms with Gasteiger partial charge in [-0.1, -0.05) is 35.9 Å². The number of nitrogens with zero attached hydrogens (tertiary/aromatic N) is 6. The Labute approximate surface area is 226 Å². The number of halogens is 2. The van der Waals surface area contributed by atoms with Crippen LogP contribution >= 0.6 is 11.6 Å². The molecule has 3 atom stereocenters. The SMILES string of the molecule is C=C1CN2CCCC2(COc2nc(N3CC4C=CC(C3)N4C(=O)OC(C)(C)C)c3cnc(Cl)c(F)c3n2)C1. The van der Waals surface area contributed by atoms with Crippen LogP contribution in [-0.4, -0.2) is 86.9 Å². The van der Waals surface area contributed by atoms with E-state index in [-0.39, 0.29) is 40.4 Å². The summed E-state index contributed by atoms with van der Waals surface area (Å²) >= 11 is 6.02. The molecule has 38 heavy (non-hydrogen) atoms. The average Bonchev–Trinajstić information content (AvgIpc) is 3.46. The predicted molar refractivity (Wildman–Crippen MR) is 142 cm³/mol. The molecule has 3 fully saturated rings. The fraction of sp³-hybridized carbons (Fsp3) is 0.556. The Morgan fingerprint density at radius 2 is 2.00 bits per heavy atom. The van der Waals surface area contributed by atoms with Crippen molar-refractivity contribution in [1.82, 2.24) is 24.8 Å². The van der Waals surface area contributed by atoms with Gasteiger partial charge < -0.3 is 14.4 Å². The number of amides is 1. The van der Waals surface area contributed by atoms with Gasteiger partial charge in [0.25, 0.3) is 0 Å². The van der Waals surface area contributed by atoms with Crippen LogP contribution in [0.25, 0.3) is 10.9 Å². The van der Waals surface area contributed by atoms with Gasteiger partial charge in [0, 0.05) is 25.8 Å². The van der Waals surface area contributed by atoms with Crippen LogP contribution in [0.2, 0.25) is 5.15 Å². The fourth-order valence-electron chi connectivity index (χ4n) is 6.22. The van der Waals surface area contributed by atoms with Gasteiger partial charge in [-0.3, -0.25) is 9.80 Å². The monoisotopic (exact) mass is 542 g/mol. The van der Waals surface area contributed by atoms with Gasteiger partial charge in [-0.05, 0) is 46.6 Å². The average molecular weight is 543 g/mol. The summed E-state index contributed by atoms with van der Waals surface area (Å²) in [5.74, 6) is -0.201. The summed E-state index contributed by atoms with van der Waals surface area (Å²) < 4.78 is 27.0. The Bertz CT molecular complexity index is 1330. The second kappa shape index (κ2) is 9.05. The zero-order chi connectivity index (χ0) is 26.8. The minimum absolute atomic E-state index is 0.0662. The van der Waals surface area contributed by atoms with Crippen molar-refractivity contribution in [2.45, 2.75) is 63.3 Å². The molecule has 11 heteroatoms. The van der Waals surface area contributed by atoms with Crippen LogP contribution in [-0.2, 0) is 4.74 Å². The molecule has 3 saturated heterocycles. The number of piperazine rings is 1. The molecule has 6 rings (SSSR count). The highest BCUT2D eigenvalue weighted by atomic mass is 35.5. The van der Waals surface area contributed by atoms with Gasteiger partial charge in [0.2, 0.25) is 0 Å². The normalized spacial score (nSPS) is 26.9. The van der Waals surface area contributed by atoms with Crippen molar-refractivity contribution in [1.29, 1.82) is 0 Å².